The van der Waals surface area contributed by atoms with Gasteiger partial charge in [-0.25, -0.2) is 0 Å². The summed E-state index contributed by atoms with van der Waals surface area (Å²) in [6, 6.07) is 17.7. The van der Waals surface area contributed by atoms with Gasteiger partial charge in [-0.2, -0.15) is 18.4 Å². The summed E-state index contributed by atoms with van der Waals surface area (Å²) >= 11 is 0. The second-order valence-corrected chi connectivity index (χ2v) is 14.4. The third-order valence-corrected chi connectivity index (χ3v) is 10.7. The minimum Gasteiger partial charge on any atom is -0.496 e. The number of rotatable bonds is 18. The van der Waals surface area contributed by atoms with Crippen molar-refractivity contribution in [1.29, 1.82) is 5.26 Å². The number of hydrogen-bond acceptors (Lipinski definition) is 10. The number of halogens is 3. The molecule has 0 aliphatic carbocycles. The van der Waals surface area contributed by atoms with E-state index >= 15 is 0 Å². The number of piperazine rings is 1. The Hall–Kier alpha value is -5.13. The number of benzene rings is 3. The second kappa shape index (κ2) is 20.2. The van der Waals surface area contributed by atoms with E-state index in [0.29, 0.717) is 62.0 Å². The number of carbonyl (C=O) groups is 3. The summed E-state index contributed by atoms with van der Waals surface area (Å²) in [5.74, 6) is 1.34. The highest BCUT2D eigenvalue weighted by Gasteiger charge is 2.34. The van der Waals surface area contributed by atoms with E-state index in [1.807, 2.05) is 36.1 Å². The fourth-order valence-corrected chi connectivity index (χ4v) is 7.40. The molecule has 2 N–H and O–H groups in total. The number of nitrogens with one attached hydrogen (secondary N) is 2. The van der Waals surface area contributed by atoms with Crippen LogP contribution in [0.3, 0.4) is 0 Å². The number of nitriles is 1. The Labute approximate surface area is 326 Å². The summed E-state index contributed by atoms with van der Waals surface area (Å²) in [7, 11) is 1.56. The smallest absolute Gasteiger partial charge is 0.417 e. The van der Waals surface area contributed by atoms with Crippen molar-refractivity contribution in [3.05, 3.63) is 82.4 Å². The fraction of sp³-hybridized carbons (Fsp3) is 0.476. The van der Waals surface area contributed by atoms with Crippen LogP contribution in [0.2, 0.25) is 0 Å². The van der Waals surface area contributed by atoms with Gasteiger partial charge >= 0.3 is 6.18 Å². The van der Waals surface area contributed by atoms with Crippen molar-refractivity contribution >= 4 is 30.0 Å². The predicted molar refractivity (Wildman–Crippen MR) is 208 cm³/mol. The van der Waals surface area contributed by atoms with Crippen molar-refractivity contribution in [1.82, 2.24) is 15.5 Å². The molecule has 300 valence electrons. The van der Waals surface area contributed by atoms with E-state index in [1.165, 1.54) is 11.6 Å². The number of alkyl halides is 3. The quantitative estimate of drug-likeness (QED) is 0.112. The van der Waals surface area contributed by atoms with E-state index in [-0.39, 0.29) is 23.9 Å². The molecule has 11 nitrogen and oxygen atoms in total. The number of hydrogen-bond donors (Lipinski definition) is 2. The lowest BCUT2D eigenvalue weighted by Gasteiger charge is -2.36. The van der Waals surface area contributed by atoms with Crippen LogP contribution in [0.15, 0.2) is 54.6 Å². The summed E-state index contributed by atoms with van der Waals surface area (Å²) in [4.78, 5) is 40.8. The van der Waals surface area contributed by atoms with Gasteiger partial charge < -0.3 is 24.6 Å². The van der Waals surface area contributed by atoms with Gasteiger partial charge in [0.15, 0.2) is 6.29 Å². The number of nitrogens with zero attached hydrogens (tertiary/aromatic N) is 4. The molecular weight excluding hydrogens is 725 g/mol. The third kappa shape index (κ3) is 11.5. The van der Waals surface area contributed by atoms with E-state index in [2.05, 4.69) is 32.6 Å². The van der Waals surface area contributed by atoms with Gasteiger partial charge in [0.05, 0.1) is 36.5 Å². The zero-order valence-electron chi connectivity index (χ0n) is 32.1. The fourth-order valence-electron chi connectivity index (χ4n) is 7.40. The summed E-state index contributed by atoms with van der Waals surface area (Å²) in [5.41, 5.74) is 2.77. The Bertz CT molecular complexity index is 1820. The maximum atomic E-state index is 13.5. The molecule has 2 fully saturated rings. The number of amides is 2. The Morgan fingerprint density at radius 2 is 1.68 bits per heavy atom. The van der Waals surface area contributed by atoms with Crippen molar-refractivity contribution in [3.63, 3.8) is 0 Å². The van der Waals surface area contributed by atoms with Crippen molar-refractivity contribution in [2.24, 2.45) is 0 Å². The Balaban J connectivity index is 1.01. The maximum Gasteiger partial charge on any atom is 0.417 e. The van der Waals surface area contributed by atoms with Crippen molar-refractivity contribution in [2.45, 2.75) is 70.1 Å². The lowest BCUT2D eigenvalue weighted by atomic mass is 9.89. The number of aldehydes is 1. The molecule has 3 aromatic rings. The maximum absolute atomic E-state index is 13.5. The van der Waals surface area contributed by atoms with Gasteiger partial charge in [-0.1, -0.05) is 12.1 Å². The molecule has 0 aromatic heterocycles. The van der Waals surface area contributed by atoms with E-state index in [4.69, 9.17) is 14.7 Å². The summed E-state index contributed by atoms with van der Waals surface area (Å²) in [6.07, 6.45) is 0.972. The minimum atomic E-state index is -4.57. The van der Waals surface area contributed by atoms with Gasteiger partial charge in [-0.05, 0) is 99.0 Å². The molecule has 5 rings (SSSR count). The first-order valence-corrected chi connectivity index (χ1v) is 19.2. The van der Waals surface area contributed by atoms with Crippen LogP contribution in [0.4, 0.5) is 24.5 Å². The average Bonchev–Trinajstić information content (AvgIpc) is 3.21. The lowest BCUT2D eigenvalue weighted by molar-refractivity contribution is -0.137. The van der Waals surface area contributed by atoms with Gasteiger partial charge in [0.1, 0.15) is 11.5 Å². The zero-order valence-corrected chi connectivity index (χ0v) is 32.1. The number of carbonyl (C=O) groups excluding carboxylic acids is 3. The molecule has 2 amide bonds. The number of methoxy groups -OCH3 is 1. The van der Waals surface area contributed by atoms with Gasteiger partial charge in [0.2, 0.25) is 12.3 Å². The van der Waals surface area contributed by atoms with Crippen molar-refractivity contribution in [2.75, 3.05) is 69.3 Å². The number of piperidine rings is 1. The molecule has 1 atom stereocenters. The first kappa shape index (κ1) is 42.0. The molecule has 0 saturated carbocycles. The normalized spacial score (nSPS) is 15.9. The molecule has 0 spiro atoms. The van der Waals surface area contributed by atoms with Gasteiger partial charge in [-0.15, -0.1) is 0 Å². The Kier molecular flexibility index (Phi) is 15.1. The van der Waals surface area contributed by atoms with Crippen LogP contribution in [0.5, 0.6) is 11.5 Å². The van der Waals surface area contributed by atoms with Crippen LogP contribution in [-0.4, -0.2) is 89.1 Å². The highest BCUT2D eigenvalue weighted by molar-refractivity contribution is 5.85. The molecule has 2 aliphatic rings. The molecule has 2 aliphatic heterocycles. The van der Waals surface area contributed by atoms with E-state index in [0.717, 1.165) is 87.8 Å². The topological polar surface area (TPSA) is 127 Å². The molecule has 2 heterocycles. The molecule has 3 aromatic carbocycles. The first-order chi connectivity index (χ1) is 27.0. The van der Waals surface area contributed by atoms with Gasteiger partial charge in [-0.3, -0.25) is 24.6 Å². The van der Waals surface area contributed by atoms with Crippen LogP contribution in [0.1, 0.15) is 84.0 Å². The monoisotopic (exact) mass is 776 g/mol. The second-order valence-electron chi connectivity index (χ2n) is 14.4. The van der Waals surface area contributed by atoms with Gasteiger partial charge in [0.25, 0.3) is 0 Å². The number of ether oxygens (including phenoxy) is 2. The third-order valence-electron chi connectivity index (χ3n) is 10.7. The SMILES string of the molecule is COc1cc(N2CCN(CCCCOc3ccc(C4CCN(c5ccc(C#N)c(C(F)(F)F)c5)CC4)cc3)CC2)cc(CNC(C)CCC(=O)NC=O)c1C=O. The van der Waals surface area contributed by atoms with E-state index in [9.17, 15) is 27.6 Å². The number of imide groups is 1. The molecule has 2 saturated heterocycles. The van der Waals surface area contributed by atoms with Crippen LogP contribution in [0.25, 0.3) is 0 Å². The predicted octanol–water partition coefficient (Wildman–Crippen LogP) is 6.29. The van der Waals surface area contributed by atoms with Crippen LogP contribution in [-0.2, 0) is 22.3 Å². The molecule has 0 radical (unpaired) electrons. The van der Waals surface area contributed by atoms with Crippen molar-refractivity contribution in [3.8, 4) is 17.6 Å². The molecule has 14 heteroatoms. The first-order valence-electron chi connectivity index (χ1n) is 19.2. The number of unbranched alkanes of at least 4 members (excludes halogenated alkanes) is 1. The minimum absolute atomic E-state index is 0.00813. The highest BCUT2D eigenvalue weighted by Crippen LogP contribution is 2.37. The lowest BCUT2D eigenvalue weighted by Crippen LogP contribution is -2.46. The molecule has 56 heavy (non-hydrogen) atoms. The summed E-state index contributed by atoms with van der Waals surface area (Å²) in [5, 5.41) is 14.6. The summed E-state index contributed by atoms with van der Waals surface area (Å²) in [6.45, 7) is 8.76. The largest absolute Gasteiger partial charge is 0.496 e. The van der Waals surface area contributed by atoms with E-state index in [1.54, 1.807) is 19.2 Å². The van der Waals surface area contributed by atoms with Crippen molar-refractivity contribution < 1.29 is 37.0 Å². The Morgan fingerprint density at radius 1 is 0.964 bits per heavy atom. The standard InChI is InChI=1S/C42H51F3N6O5/c1-30(5-12-41(54)48-29-53)47-27-34-23-36(25-40(55-2)38(34)28-52)51-20-18-49(19-21-51)15-3-4-22-56-37-10-7-31(8-11-37)32-13-16-50(17-14-32)35-9-6-33(26-46)39(24-35)42(43,44)45/h6-11,23-25,28-30,32,47H,3-5,12-22,27H2,1-2H3,(H,48,53,54). The number of anilines is 2. The van der Waals surface area contributed by atoms with Crippen LogP contribution >= 0.6 is 0 Å². The zero-order chi connectivity index (χ0) is 40.1. The molecular formula is C42H51F3N6O5. The summed E-state index contributed by atoms with van der Waals surface area (Å²) < 4.78 is 52.0. The van der Waals surface area contributed by atoms with Crippen LogP contribution in [0, 0.1) is 11.3 Å². The Morgan fingerprint density at radius 3 is 2.32 bits per heavy atom. The average molecular weight is 777 g/mol. The van der Waals surface area contributed by atoms with E-state index < -0.39 is 11.7 Å². The van der Waals surface area contributed by atoms with Crippen LogP contribution < -0.4 is 29.9 Å². The highest BCUT2D eigenvalue weighted by atomic mass is 19.4. The van der Waals surface area contributed by atoms with Gasteiger partial charge in [0, 0.05) is 75.7 Å². The molecule has 1 unspecified atom stereocenters. The molecule has 0 bridgehead atoms.